The van der Waals surface area contributed by atoms with Gasteiger partial charge in [-0.1, -0.05) is 51.4 Å². The Hall–Kier alpha value is -3.13. The SMILES string of the molecule is O=C(COc1ccc(Br)cc1)NNC(=O)c1cc(-c2ccccc2)no1. The van der Waals surface area contributed by atoms with Crippen molar-refractivity contribution in [3.63, 3.8) is 0 Å². The molecule has 3 rings (SSSR count). The number of carbonyl (C=O) groups is 2. The maximum absolute atomic E-state index is 12.0. The molecule has 0 saturated carbocycles. The molecule has 2 aromatic carbocycles. The van der Waals surface area contributed by atoms with Crippen LogP contribution in [-0.2, 0) is 4.79 Å². The molecule has 0 bridgehead atoms. The van der Waals surface area contributed by atoms with Crippen LogP contribution < -0.4 is 15.6 Å². The van der Waals surface area contributed by atoms with Crippen LogP contribution in [0, 0.1) is 0 Å². The van der Waals surface area contributed by atoms with Gasteiger partial charge < -0.3 is 9.26 Å². The molecule has 0 atom stereocenters. The molecular formula is C18H14BrN3O4. The molecule has 0 aliphatic carbocycles. The summed E-state index contributed by atoms with van der Waals surface area (Å²) in [5, 5.41) is 3.84. The van der Waals surface area contributed by atoms with Crippen molar-refractivity contribution in [2.24, 2.45) is 0 Å². The van der Waals surface area contributed by atoms with Crippen LogP contribution in [0.1, 0.15) is 10.6 Å². The first-order valence-corrected chi connectivity index (χ1v) is 8.41. The zero-order valence-electron chi connectivity index (χ0n) is 13.4. The maximum atomic E-state index is 12.0. The zero-order chi connectivity index (χ0) is 18.4. The van der Waals surface area contributed by atoms with Crippen molar-refractivity contribution < 1.29 is 18.8 Å². The molecule has 1 heterocycles. The highest BCUT2D eigenvalue weighted by Crippen LogP contribution is 2.18. The fourth-order valence-electron chi connectivity index (χ4n) is 2.03. The molecule has 0 unspecified atom stereocenters. The lowest BCUT2D eigenvalue weighted by molar-refractivity contribution is -0.123. The summed E-state index contributed by atoms with van der Waals surface area (Å²) in [7, 11) is 0. The Labute approximate surface area is 157 Å². The number of carbonyl (C=O) groups excluding carboxylic acids is 2. The summed E-state index contributed by atoms with van der Waals surface area (Å²) in [6.45, 7) is -0.242. The van der Waals surface area contributed by atoms with Gasteiger partial charge >= 0.3 is 5.91 Å². The van der Waals surface area contributed by atoms with Crippen LogP contribution in [0.4, 0.5) is 0 Å². The van der Waals surface area contributed by atoms with E-state index in [1.807, 2.05) is 30.3 Å². The van der Waals surface area contributed by atoms with Crippen molar-refractivity contribution in [1.29, 1.82) is 0 Å². The van der Waals surface area contributed by atoms with E-state index in [-0.39, 0.29) is 12.4 Å². The minimum Gasteiger partial charge on any atom is -0.484 e. The average Bonchev–Trinajstić information content (AvgIpc) is 3.17. The highest BCUT2D eigenvalue weighted by atomic mass is 79.9. The summed E-state index contributed by atoms with van der Waals surface area (Å²) >= 11 is 3.31. The van der Waals surface area contributed by atoms with E-state index in [0.717, 1.165) is 10.0 Å². The molecule has 0 saturated heterocycles. The van der Waals surface area contributed by atoms with Crippen molar-refractivity contribution in [3.05, 3.63) is 70.9 Å². The van der Waals surface area contributed by atoms with Crippen LogP contribution >= 0.6 is 15.9 Å². The number of hydrogen-bond acceptors (Lipinski definition) is 5. The van der Waals surface area contributed by atoms with Gasteiger partial charge in [-0.25, -0.2) is 0 Å². The quantitative estimate of drug-likeness (QED) is 0.624. The van der Waals surface area contributed by atoms with E-state index in [1.54, 1.807) is 24.3 Å². The van der Waals surface area contributed by atoms with E-state index in [1.165, 1.54) is 6.07 Å². The topological polar surface area (TPSA) is 93.5 Å². The summed E-state index contributed by atoms with van der Waals surface area (Å²) in [6.07, 6.45) is 0. The second kappa shape index (κ2) is 8.30. The Morgan fingerprint density at radius 2 is 1.77 bits per heavy atom. The predicted octanol–water partition coefficient (Wildman–Crippen LogP) is 2.94. The fourth-order valence-corrected chi connectivity index (χ4v) is 2.30. The molecule has 2 N–H and O–H groups in total. The van der Waals surface area contributed by atoms with E-state index in [0.29, 0.717) is 11.4 Å². The van der Waals surface area contributed by atoms with Crippen LogP contribution in [0.2, 0.25) is 0 Å². The Kier molecular flexibility index (Phi) is 5.65. The summed E-state index contributed by atoms with van der Waals surface area (Å²) in [5.74, 6) is -0.601. The van der Waals surface area contributed by atoms with Crippen LogP contribution in [0.25, 0.3) is 11.3 Å². The molecule has 1 aromatic heterocycles. The summed E-state index contributed by atoms with van der Waals surface area (Å²) in [6, 6.07) is 17.8. The first kappa shape index (κ1) is 17.7. The van der Waals surface area contributed by atoms with Gasteiger partial charge in [0.25, 0.3) is 5.91 Å². The molecule has 3 aromatic rings. The van der Waals surface area contributed by atoms with E-state index in [9.17, 15) is 9.59 Å². The number of hydrazine groups is 1. The molecule has 2 amide bonds. The molecular weight excluding hydrogens is 402 g/mol. The molecule has 0 spiro atoms. The van der Waals surface area contributed by atoms with Gasteiger partial charge in [0.15, 0.2) is 6.61 Å². The number of amides is 2. The minimum atomic E-state index is -0.614. The highest BCUT2D eigenvalue weighted by molar-refractivity contribution is 9.10. The number of hydrogen-bond donors (Lipinski definition) is 2. The molecule has 0 radical (unpaired) electrons. The Morgan fingerprint density at radius 3 is 2.50 bits per heavy atom. The number of ether oxygens (including phenoxy) is 1. The third-order valence-electron chi connectivity index (χ3n) is 3.30. The minimum absolute atomic E-state index is 0.0158. The van der Waals surface area contributed by atoms with Gasteiger partial charge in [-0.15, -0.1) is 0 Å². The summed E-state index contributed by atoms with van der Waals surface area (Å²) < 4.78 is 11.2. The third-order valence-corrected chi connectivity index (χ3v) is 3.83. The van der Waals surface area contributed by atoms with Crippen LogP contribution in [0.5, 0.6) is 5.75 Å². The lowest BCUT2D eigenvalue weighted by Crippen LogP contribution is -2.43. The normalized spacial score (nSPS) is 10.2. The number of benzene rings is 2. The Bertz CT molecular complexity index is 894. The van der Waals surface area contributed by atoms with E-state index < -0.39 is 11.8 Å². The van der Waals surface area contributed by atoms with Gasteiger partial charge in [0.1, 0.15) is 11.4 Å². The van der Waals surface area contributed by atoms with Crippen molar-refractivity contribution >= 4 is 27.7 Å². The van der Waals surface area contributed by atoms with Crippen molar-refractivity contribution in [1.82, 2.24) is 16.0 Å². The number of rotatable bonds is 5. The lowest BCUT2D eigenvalue weighted by Gasteiger charge is -2.07. The molecule has 26 heavy (non-hydrogen) atoms. The standard InChI is InChI=1S/C18H14BrN3O4/c19-13-6-8-14(9-7-13)25-11-17(23)20-21-18(24)16-10-15(22-26-16)12-4-2-1-3-5-12/h1-10H,11H2,(H,20,23)(H,21,24). The number of aromatic nitrogens is 1. The number of halogens is 1. The van der Waals surface area contributed by atoms with Gasteiger partial charge in [0.2, 0.25) is 5.76 Å². The van der Waals surface area contributed by atoms with Crippen LogP contribution in [-0.4, -0.2) is 23.6 Å². The largest absolute Gasteiger partial charge is 0.484 e. The molecule has 7 nitrogen and oxygen atoms in total. The van der Waals surface area contributed by atoms with Gasteiger partial charge in [-0.2, -0.15) is 0 Å². The van der Waals surface area contributed by atoms with E-state index in [4.69, 9.17) is 9.26 Å². The fraction of sp³-hybridized carbons (Fsp3) is 0.0556. The average molecular weight is 416 g/mol. The van der Waals surface area contributed by atoms with Gasteiger partial charge in [0.05, 0.1) is 0 Å². The third kappa shape index (κ3) is 4.70. The molecule has 0 aliphatic heterocycles. The van der Waals surface area contributed by atoms with Crippen molar-refractivity contribution in [2.45, 2.75) is 0 Å². The summed E-state index contributed by atoms with van der Waals surface area (Å²) in [4.78, 5) is 23.7. The molecule has 0 fully saturated rings. The second-order valence-corrected chi connectivity index (χ2v) is 6.10. The molecule has 132 valence electrons. The molecule has 8 heteroatoms. The monoisotopic (exact) mass is 415 g/mol. The van der Waals surface area contributed by atoms with Gasteiger partial charge in [0, 0.05) is 16.1 Å². The first-order valence-electron chi connectivity index (χ1n) is 7.61. The predicted molar refractivity (Wildman–Crippen MR) is 97.2 cm³/mol. The van der Waals surface area contributed by atoms with Crippen molar-refractivity contribution in [2.75, 3.05) is 6.61 Å². The zero-order valence-corrected chi connectivity index (χ0v) is 15.0. The maximum Gasteiger partial charge on any atom is 0.308 e. The van der Waals surface area contributed by atoms with E-state index >= 15 is 0 Å². The number of nitrogens with one attached hydrogen (secondary N) is 2. The molecule has 0 aliphatic rings. The first-order chi connectivity index (χ1) is 12.6. The second-order valence-electron chi connectivity index (χ2n) is 5.19. The van der Waals surface area contributed by atoms with Crippen LogP contribution in [0.3, 0.4) is 0 Å². The smallest absolute Gasteiger partial charge is 0.308 e. The van der Waals surface area contributed by atoms with Crippen LogP contribution in [0.15, 0.2) is 69.7 Å². The summed E-state index contributed by atoms with van der Waals surface area (Å²) in [5.41, 5.74) is 5.85. The Balaban J connectivity index is 1.48. The Morgan fingerprint density at radius 1 is 1.04 bits per heavy atom. The van der Waals surface area contributed by atoms with Gasteiger partial charge in [-0.05, 0) is 24.3 Å². The van der Waals surface area contributed by atoms with Gasteiger partial charge in [-0.3, -0.25) is 20.4 Å². The number of nitrogens with zero attached hydrogens (tertiary/aromatic N) is 1. The lowest BCUT2D eigenvalue weighted by atomic mass is 10.1. The van der Waals surface area contributed by atoms with E-state index in [2.05, 4.69) is 31.9 Å². The highest BCUT2D eigenvalue weighted by Gasteiger charge is 2.14. The van der Waals surface area contributed by atoms with Crippen molar-refractivity contribution in [3.8, 4) is 17.0 Å².